The molecule has 1 aromatic carbocycles. The smallest absolute Gasteiger partial charge is 0.187 e. The highest BCUT2D eigenvalue weighted by Crippen LogP contribution is 2.34. The van der Waals surface area contributed by atoms with Crippen LogP contribution in [0.3, 0.4) is 0 Å². The number of aromatic nitrogens is 3. The molecule has 2 aromatic rings. The lowest BCUT2D eigenvalue weighted by Crippen LogP contribution is -2.01. The maximum Gasteiger partial charge on any atom is 0.187 e. The molecule has 0 bridgehead atoms. The minimum absolute atomic E-state index is 0.517. The Bertz CT molecular complexity index is 587. The van der Waals surface area contributed by atoms with Crippen LogP contribution in [0.25, 0.3) is 11.4 Å². The van der Waals surface area contributed by atoms with Crippen LogP contribution in [0.1, 0.15) is 5.56 Å². The lowest BCUT2D eigenvalue weighted by molar-refractivity contribution is 0.394. The second-order valence-electron chi connectivity index (χ2n) is 3.94. The van der Waals surface area contributed by atoms with Crippen molar-refractivity contribution >= 4 is 5.82 Å². The van der Waals surface area contributed by atoms with E-state index in [2.05, 4.69) is 20.5 Å². The molecular weight excluding hydrogens is 244 g/mol. The van der Waals surface area contributed by atoms with Crippen LogP contribution in [-0.2, 0) is 0 Å². The Morgan fingerprint density at radius 3 is 2.58 bits per heavy atom. The number of hydrogen-bond acceptors (Lipinski definition) is 6. The van der Waals surface area contributed by atoms with Crippen molar-refractivity contribution in [2.24, 2.45) is 0 Å². The van der Waals surface area contributed by atoms with Crippen molar-refractivity contribution < 1.29 is 9.47 Å². The topological polar surface area (TPSA) is 69.2 Å². The van der Waals surface area contributed by atoms with E-state index in [4.69, 9.17) is 9.47 Å². The monoisotopic (exact) mass is 260 g/mol. The Labute approximate surface area is 111 Å². The summed E-state index contributed by atoms with van der Waals surface area (Å²) < 4.78 is 10.6. The first kappa shape index (κ1) is 13.1. The highest BCUT2D eigenvalue weighted by atomic mass is 16.5. The largest absolute Gasteiger partial charge is 0.497 e. The molecule has 0 fully saturated rings. The van der Waals surface area contributed by atoms with Gasteiger partial charge >= 0.3 is 0 Å². The molecule has 0 spiro atoms. The van der Waals surface area contributed by atoms with Gasteiger partial charge in [0.05, 0.1) is 26.0 Å². The number of rotatable bonds is 4. The molecule has 19 heavy (non-hydrogen) atoms. The van der Waals surface area contributed by atoms with E-state index in [1.807, 2.05) is 13.0 Å². The lowest BCUT2D eigenvalue weighted by atomic mass is 10.1. The number of aryl methyl sites for hydroxylation is 1. The zero-order valence-electron chi connectivity index (χ0n) is 11.4. The molecule has 1 heterocycles. The van der Waals surface area contributed by atoms with E-state index < -0.39 is 0 Å². The molecule has 0 unspecified atom stereocenters. The zero-order chi connectivity index (χ0) is 13.8. The summed E-state index contributed by atoms with van der Waals surface area (Å²) >= 11 is 0. The van der Waals surface area contributed by atoms with Crippen LogP contribution in [0, 0.1) is 6.92 Å². The predicted octanol–water partition coefficient (Wildman–Crippen LogP) is 1.91. The lowest BCUT2D eigenvalue weighted by Gasteiger charge is -2.12. The number of nitrogens with zero attached hydrogens (tertiary/aromatic N) is 3. The highest BCUT2D eigenvalue weighted by molar-refractivity contribution is 5.70. The van der Waals surface area contributed by atoms with E-state index in [9.17, 15) is 0 Å². The van der Waals surface area contributed by atoms with Crippen molar-refractivity contribution in [2.45, 2.75) is 6.92 Å². The molecule has 100 valence electrons. The van der Waals surface area contributed by atoms with Crippen molar-refractivity contribution in [3.63, 3.8) is 0 Å². The third-order valence-corrected chi connectivity index (χ3v) is 2.77. The Hall–Kier alpha value is -2.37. The van der Waals surface area contributed by atoms with Gasteiger partial charge in [-0.1, -0.05) is 0 Å². The Kier molecular flexibility index (Phi) is 3.79. The second-order valence-corrected chi connectivity index (χ2v) is 3.94. The molecular formula is C13H16N4O2. The standard InChI is InChI=1S/C13H16N4O2/c1-8-5-9(18-3)6-10(19-4)12(8)13-16-11(14-2)7-15-17-13/h5-7H,1-4H3,(H,14,16,17). The van der Waals surface area contributed by atoms with E-state index in [-0.39, 0.29) is 0 Å². The second kappa shape index (κ2) is 5.51. The maximum atomic E-state index is 5.39. The van der Waals surface area contributed by atoms with Gasteiger partial charge in [-0.15, -0.1) is 5.10 Å². The molecule has 6 heteroatoms. The molecule has 1 aromatic heterocycles. The molecule has 6 nitrogen and oxygen atoms in total. The molecule has 0 aliphatic carbocycles. The minimum atomic E-state index is 0.517. The summed E-state index contributed by atoms with van der Waals surface area (Å²) in [6, 6.07) is 3.71. The van der Waals surface area contributed by atoms with E-state index >= 15 is 0 Å². The average Bonchev–Trinajstić information content (AvgIpc) is 2.46. The number of ether oxygens (including phenoxy) is 2. The molecule has 0 radical (unpaired) electrons. The number of benzene rings is 1. The molecule has 0 aliphatic heterocycles. The Balaban J connectivity index is 2.60. The SMILES string of the molecule is CNc1cnnc(-c2c(C)cc(OC)cc2OC)n1. The third-order valence-electron chi connectivity index (χ3n) is 2.77. The fraction of sp³-hybridized carbons (Fsp3) is 0.308. The first-order chi connectivity index (χ1) is 9.19. The molecule has 0 amide bonds. The predicted molar refractivity (Wildman–Crippen MR) is 72.7 cm³/mol. The Morgan fingerprint density at radius 2 is 1.95 bits per heavy atom. The van der Waals surface area contributed by atoms with Gasteiger partial charge in [0.15, 0.2) is 5.82 Å². The zero-order valence-corrected chi connectivity index (χ0v) is 11.4. The van der Waals surface area contributed by atoms with Crippen molar-refractivity contribution in [1.82, 2.24) is 15.2 Å². The average molecular weight is 260 g/mol. The van der Waals surface area contributed by atoms with Crippen molar-refractivity contribution in [1.29, 1.82) is 0 Å². The van der Waals surface area contributed by atoms with Gasteiger partial charge in [-0.25, -0.2) is 4.98 Å². The summed E-state index contributed by atoms with van der Waals surface area (Å²) in [6.07, 6.45) is 1.56. The molecule has 0 aliphatic rings. The van der Waals surface area contributed by atoms with Crippen LogP contribution in [0.2, 0.25) is 0 Å². The van der Waals surface area contributed by atoms with Crippen LogP contribution in [-0.4, -0.2) is 36.4 Å². The van der Waals surface area contributed by atoms with E-state index in [0.29, 0.717) is 17.4 Å². The van der Waals surface area contributed by atoms with Crippen LogP contribution in [0.4, 0.5) is 5.82 Å². The third kappa shape index (κ3) is 2.57. The molecule has 0 atom stereocenters. The van der Waals surface area contributed by atoms with Gasteiger partial charge in [0, 0.05) is 13.1 Å². The normalized spacial score (nSPS) is 10.1. The Morgan fingerprint density at radius 1 is 1.16 bits per heavy atom. The van der Waals surface area contributed by atoms with Gasteiger partial charge in [-0.05, 0) is 18.6 Å². The molecule has 2 rings (SSSR count). The van der Waals surface area contributed by atoms with Crippen LogP contribution in [0.15, 0.2) is 18.3 Å². The van der Waals surface area contributed by atoms with Crippen LogP contribution >= 0.6 is 0 Å². The van der Waals surface area contributed by atoms with Gasteiger partial charge in [-0.2, -0.15) is 5.10 Å². The number of anilines is 1. The minimum Gasteiger partial charge on any atom is -0.497 e. The van der Waals surface area contributed by atoms with Crippen molar-refractivity contribution in [3.8, 4) is 22.9 Å². The highest BCUT2D eigenvalue weighted by Gasteiger charge is 2.15. The van der Waals surface area contributed by atoms with E-state index in [1.54, 1.807) is 33.5 Å². The summed E-state index contributed by atoms with van der Waals surface area (Å²) in [5.41, 5.74) is 1.78. The fourth-order valence-corrected chi connectivity index (χ4v) is 1.82. The molecule has 0 saturated carbocycles. The summed E-state index contributed by atoms with van der Waals surface area (Å²) in [6.45, 7) is 1.95. The van der Waals surface area contributed by atoms with E-state index in [0.717, 1.165) is 16.9 Å². The number of methoxy groups -OCH3 is 2. The van der Waals surface area contributed by atoms with Crippen molar-refractivity contribution in [3.05, 3.63) is 23.9 Å². The van der Waals surface area contributed by atoms with Gasteiger partial charge < -0.3 is 14.8 Å². The maximum absolute atomic E-state index is 5.39. The first-order valence-corrected chi connectivity index (χ1v) is 5.80. The van der Waals surface area contributed by atoms with Crippen LogP contribution in [0.5, 0.6) is 11.5 Å². The van der Waals surface area contributed by atoms with Gasteiger partial charge in [0.25, 0.3) is 0 Å². The van der Waals surface area contributed by atoms with Crippen molar-refractivity contribution in [2.75, 3.05) is 26.6 Å². The van der Waals surface area contributed by atoms with Crippen LogP contribution < -0.4 is 14.8 Å². The summed E-state index contributed by atoms with van der Waals surface area (Å²) in [7, 11) is 5.01. The summed E-state index contributed by atoms with van der Waals surface area (Å²) in [4.78, 5) is 4.38. The molecule has 0 saturated heterocycles. The summed E-state index contributed by atoms with van der Waals surface area (Å²) in [5, 5.41) is 10.9. The number of nitrogens with one attached hydrogen (secondary N) is 1. The van der Waals surface area contributed by atoms with E-state index in [1.165, 1.54) is 0 Å². The first-order valence-electron chi connectivity index (χ1n) is 5.80. The summed E-state index contributed by atoms with van der Waals surface area (Å²) in [5.74, 6) is 2.56. The van der Waals surface area contributed by atoms with Gasteiger partial charge in [-0.3, -0.25) is 0 Å². The van der Waals surface area contributed by atoms with Gasteiger partial charge in [0.2, 0.25) is 0 Å². The number of hydrogen-bond donors (Lipinski definition) is 1. The van der Waals surface area contributed by atoms with Gasteiger partial charge in [0.1, 0.15) is 17.3 Å². The fourth-order valence-electron chi connectivity index (χ4n) is 1.82. The molecule has 1 N–H and O–H groups in total. The quantitative estimate of drug-likeness (QED) is 0.905.